The van der Waals surface area contributed by atoms with Crippen molar-refractivity contribution in [1.29, 1.82) is 0 Å². The molecule has 4 aromatic carbocycles. The van der Waals surface area contributed by atoms with E-state index in [1.165, 1.54) is 18.2 Å². The van der Waals surface area contributed by atoms with E-state index in [1.807, 2.05) is 86.6 Å². The van der Waals surface area contributed by atoms with Crippen molar-refractivity contribution in [2.75, 3.05) is 56.2 Å². The van der Waals surface area contributed by atoms with Gasteiger partial charge in [-0.3, -0.25) is 14.5 Å². The zero-order valence-electron chi connectivity index (χ0n) is 34.7. The van der Waals surface area contributed by atoms with Crippen LogP contribution in [0.4, 0.5) is 11.4 Å². The van der Waals surface area contributed by atoms with Gasteiger partial charge in [-0.05, 0) is 92.5 Å². The number of methoxy groups -OCH3 is 1. The van der Waals surface area contributed by atoms with Gasteiger partial charge in [-0.15, -0.1) is 0 Å². The van der Waals surface area contributed by atoms with Crippen molar-refractivity contribution in [2.45, 2.75) is 76.3 Å². The van der Waals surface area contributed by atoms with Crippen molar-refractivity contribution in [3.63, 3.8) is 0 Å². The number of esters is 1. The van der Waals surface area contributed by atoms with E-state index >= 15 is 0 Å². The van der Waals surface area contributed by atoms with Gasteiger partial charge in [0, 0.05) is 50.4 Å². The Kier molecular flexibility index (Phi) is 20.0. The second-order valence-corrected chi connectivity index (χ2v) is 14.6. The van der Waals surface area contributed by atoms with Gasteiger partial charge in [-0.2, -0.15) is 0 Å². The summed E-state index contributed by atoms with van der Waals surface area (Å²) in [6.07, 6.45) is 7.30. The van der Waals surface area contributed by atoms with E-state index in [4.69, 9.17) is 4.74 Å². The van der Waals surface area contributed by atoms with Crippen LogP contribution >= 0.6 is 0 Å². The number of anilines is 2. The third-order valence-corrected chi connectivity index (χ3v) is 11.2. The van der Waals surface area contributed by atoms with Gasteiger partial charge in [0.05, 0.1) is 7.11 Å². The van der Waals surface area contributed by atoms with Crippen molar-refractivity contribution >= 4 is 35.4 Å². The van der Waals surface area contributed by atoms with E-state index in [-0.39, 0.29) is 52.8 Å². The largest absolute Gasteiger partial charge is 1.00 e. The number of rotatable bonds is 14. The molecule has 58 heavy (non-hydrogen) atoms. The Morgan fingerprint density at radius 3 is 1.34 bits per heavy atom. The molecule has 0 atom stereocenters. The van der Waals surface area contributed by atoms with Crippen LogP contribution in [0.5, 0.6) is 0 Å². The number of amides is 2. The Balaban J connectivity index is 0.000000301. The van der Waals surface area contributed by atoms with Crippen LogP contribution in [0.1, 0.15) is 63.5 Å². The molecule has 2 amide bonds. The molecule has 10 nitrogen and oxygen atoms in total. The summed E-state index contributed by atoms with van der Waals surface area (Å²) in [6.45, 7) is 8.67. The van der Waals surface area contributed by atoms with Gasteiger partial charge in [0.25, 0.3) is 0 Å². The third kappa shape index (κ3) is 12.2. The van der Waals surface area contributed by atoms with Crippen molar-refractivity contribution in [2.24, 2.45) is 0 Å². The van der Waals surface area contributed by atoms with Gasteiger partial charge in [-0.25, -0.2) is 11.1 Å². The van der Waals surface area contributed by atoms with Crippen LogP contribution in [0.3, 0.4) is 0 Å². The molecule has 2 heterocycles. The summed E-state index contributed by atoms with van der Waals surface area (Å²) in [5.41, 5.74) is 2.35. The van der Waals surface area contributed by atoms with Crippen LogP contribution in [-0.2, 0) is 36.8 Å². The first-order valence-corrected chi connectivity index (χ1v) is 20.1. The summed E-state index contributed by atoms with van der Waals surface area (Å²) in [6, 6.07) is 39.9. The fraction of sp³-hybridized carbons (Fsp3) is 0.404. The van der Waals surface area contributed by atoms with Crippen LogP contribution in [-0.4, -0.2) is 96.8 Å². The maximum absolute atomic E-state index is 13.0. The number of nitrogens with zero attached hydrogens (tertiary/aromatic N) is 4. The van der Waals surface area contributed by atoms with Crippen LogP contribution < -0.4 is 39.4 Å². The number of piperidine rings is 2. The molecule has 2 fully saturated rings. The predicted octanol–water partition coefficient (Wildman–Crippen LogP) is 4.12. The maximum atomic E-state index is 13.0. The van der Waals surface area contributed by atoms with E-state index in [0.29, 0.717) is 38.5 Å². The molecule has 0 unspecified atom stereocenters. The molecule has 0 spiro atoms. The molecule has 0 bridgehead atoms. The molecule has 304 valence electrons. The van der Waals surface area contributed by atoms with E-state index < -0.39 is 11.1 Å². The zero-order chi connectivity index (χ0) is 39.8. The van der Waals surface area contributed by atoms with Gasteiger partial charge >= 0.3 is 35.5 Å². The SMILES string of the molecule is CCC(=O)N(c1ccccc1)C1(C(=O)OC)CCN(CCc2ccccc2)CC1.CCC(=O)N(c1ccccc1)C1([C-]=O)CCN(CCc2ccccc2)CC1.[Na+].[OH-]. The fourth-order valence-electron chi connectivity index (χ4n) is 7.97. The molecule has 1 N–H and O–H groups in total. The molecule has 11 heteroatoms. The molecule has 4 aromatic rings. The molecule has 0 aromatic heterocycles. The molecule has 6 rings (SSSR count). The molecule has 0 aliphatic carbocycles. The van der Waals surface area contributed by atoms with E-state index in [1.54, 1.807) is 9.80 Å². The molecule has 2 aliphatic heterocycles. The first-order valence-electron chi connectivity index (χ1n) is 20.1. The first kappa shape index (κ1) is 48.2. The van der Waals surface area contributed by atoms with Gasteiger partial charge in [0.2, 0.25) is 11.8 Å². The van der Waals surface area contributed by atoms with E-state index in [2.05, 4.69) is 64.6 Å². The Bertz CT molecular complexity index is 1820. The molecular formula is C47H58N4NaO6-. The van der Waals surface area contributed by atoms with Gasteiger partial charge in [-0.1, -0.05) is 111 Å². The minimum Gasteiger partial charge on any atom is -0.870 e. The van der Waals surface area contributed by atoms with Gasteiger partial charge < -0.3 is 29.7 Å². The number of hydrogen-bond donors (Lipinski definition) is 0. The molecule has 2 saturated heterocycles. The predicted molar refractivity (Wildman–Crippen MR) is 225 cm³/mol. The second kappa shape index (κ2) is 24.1. The summed E-state index contributed by atoms with van der Waals surface area (Å²) in [7, 11) is 1.41. The Morgan fingerprint density at radius 1 is 0.603 bits per heavy atom. The zero-order valence-corrected chi connectivity index (χ0v) is 36.7. The normalized spacial score (nSPS) is 15.8. The second-order valence-electron chi connectivity index (χ2n) is 14.6. The van der Waals surface area contributed by atoms with Crippen LogP contribution in [0.2, 0.25) is 0 Å². The number of carbonyl (C=O) groups excluding carboxylic acids is 4. The Labute approximate surface area is 367 Å². The minimum absolute atomic E-state index is 0. The standard InChI is InChI=1S/C24H30N2O3.C23H27N2O2.Na.H2O/c1-3-22(27)26(21-12-8-5-9-13-21)24(23(28)29-2)15-18-25(19-16-24)17-14-20-10-6-4-7-11-20;1-2-22(27)25(21-11-7-4-8-12-21)23(19-26)14-17-24(18-15-23)16-13-20-9-5-3-6-10-20;;/h4-13H,3,14-19H2,1-2H3;3-12H,2,13-18H2,1H3;;1H2/q;-1;+1;/p-1. The summed E-state index contributed by atoms with van der Waals surface area (Å²) in [5.74, 6) is -0.410. The molecular weight excluding hydrogens is 740 g/mol. The Morgan fingerprint density at radius 2 is 0.966 bits per heavy atom. The number of carbonyl (C=O) groups is 3. The number of hydrogen-bond acceptors (Lipinski definition) is 8. The fourth-order valence-corrected chi connectivity index (χ4v) is 7.97. The number of para-hydroxylation sites is 2. The molecule has 2 aliphatic rings. The van der Waals surface area contributed by atoms with Gasteiger partial charge in [0.15, 0.2) is 0 Å². The van der Waals surface area contributed by atoms with E-state index in [9.17, 15) is 19.2 Å². The van der Waals surface area contributed by atoms with Crippen LogP contribution in [0.15, 0.2) is 121 Å². The topological polar surface area (TPSA) is 120 Å². The Hall–Kier alpha value is -4.16. The first-order chi connectivity index (χ1) is 27.3. The van der Waals surface area contributed by atoms with Crippen LogP contribution in [0, 0.1) is 0 Å². The minimum atomic E-state index is -0.952. The molecule has 0 radical (unpaired) electrons. The monoisotopic (exact) mass is 797 g/mol. The number of likely N-dealkylation sites (tertiary alicyclic amines) is 2. The van der Waals surface area contributed by atoms with Crippen molar-refractivity contribution in [3.8, 4) is 0 Å². The summed E-state index contributed by atoms with van der Waals surface area (Å²) < 4.78 is 5.20. The summed E-state index contributed by atoms with van der Waals surface area (Å²) >= 11 is 0. The third-order valence-electron chi connectivity index (χ3n) is 11.2. The number of benzene rings is 4. The average molecular weight is 798 g/mol. The van der Waals surface area contributed by atoms with Gasteiger partial charge in [0.1, 0.15) is 5.54 Å². The van der Waals surface area contributed by atoms with E-state index in [0.717, 1.165) is 63.5 Å². The maximum Gasteiger partial charge on any atom is 1.00 e. The number of ether oxygens (including phenoxy) is 1. The summed E-state index contributed by atoms with van der Waals surface area (Å²) in [5, 5.41) is 0. The van der Waals surface area contributed by atoms with Crippen molar-refractivity contribution in [3.05, 3.63) is 132 Å². The van der Waals surface area contributed by atoms with Crippen LogP contribution in [0.25, 0.3) is 0 Å². The quantitative estimate of drug-likeness (QED) is 0.106. The van der Waals surface area contributed by atoms with Crippen molar-refractivity contribution in [1.82, 2.24) is 9.80 Å². The average Bonchev–Trinajstić information content (AvgIpc) is 3.27. The summed E-state index contributed by atoms with van der Waals surface area (Å²) in [4.78, 5) is 58.8. The van der Waals surface area contributed by atoms with Crippen molar-refractivity contribution < 1.29 is 58.9 Å². The smallest absolute Gasteiger partial charge is 0.870 e. The molecule has 0 saturated carbocycles.